The van der Waals surface area contributed by atoms with Gasteiger partial charge in [0.15, 0.2) is 0 Å². The third-order valence-electron chi connectivity index (χ3n) is 6.55. The Balaban J connectivity index is 1.92. The highest BCUT2D eigenvalue weighted by molar-refractivity contribution is 8.10. The molecule has 0 spiro atoms. The molecule has 1 aliphatic heterocycles. The Morgan fingerprint density at radius 3 is 0.857 bits per heavy atom. The quantitative estimate of drug-likeness (QED) is 0.301. The van der Waals surface area contributed by atoms with Gasteiger partial charge in [-0.15, -0.1) is 0 Å². The number of rotatable bonds is 4. The van der Waals surface area contributed by atoms with Crippen LogP contribution >= 0.6 is 0 Å². The predicted octanol–water partition coefficient (Wildman–Crippen LogP) is 7.79. The zero-order valence-electron chi connectivity index (χ0n) is 20.5. The van der Waals surface area contributed by atoms with Gasteiger partial charge in [0.05, 0.1) is 9.81 Å². The fourth-order valence-corrected chi connectivity index (χ4v) is 6.67. The van der Waals surface area contributed by atoms with E-state index in [4.69, 9.17) is 0 Å². The zero-order chi connectivity index (χ0) is 24.7. The summed E-state index contributed by atoms with van der Waals surface area (Å²) in [5.74, 6) is 0. The Hall–Kier alpha value is -3.69. The first-order valence-corrected chi connectivity index (χ1v) is 13.3. The van der Waals surface area contributed by atoms with Gasteiger partial charge in [-0.2, -0.15) is 0 Å². The summed E-state index contributed by atoms with van der Waals surface area (Å²) in [5.41, 5.74) is 9.16. The van der Waals surface area contributed by atoms with Crippen LogP contribution in [-0.4, -0.2) is 8.42 Å². The van der Waals surface area contributed by atoms with E-state index in [1.165, 1.54) is 0 Å². The van der Waals surface area contributed by atoms with Gasteiger partial charge in [0.25, 0.3) is 0 Å². The lowest BCUT2D eigenvalue weighted by Gasteiger charge is -2.13. The Bertz CT molecular complexity index is 1450. The van der Waals surface area contributed by atoms with Crippen LogP contribution in [-0.2, 0) is 9.84 Å². The molecule has 0 saturated heterocycles. The van der Waals surface area contributed by atoms with Crippen LogP contribution < -0.4 is 0 Å². The standard InChI is InChI=1S/C32H28O2S/c1-21-5-13-25(14-6-21)29-30(26-15-7-22(2)8-16-26)32(28-19-11-24(4)12-20-28)35(33,34)31(29)27-17-9-23(3)10-18-27/h5-20H,1-4H3. The van der Waals surface area contributed by atoms with Crippen LogP contribution in [0.3, 0.4) is 0 Å². The summed E-state index contributed by atoms with van der Waals surface area (Å²) in [6.45, 7) is 8.10. The molecule has 35 heavy (non-hydrogen) atoms. The Morgan fingerprint density at radius 1 is 0.371 bits per heavy atom. The maximum absolute atomic E-state index is 14.4. The van der Waals surface area contributed by atoms with Gasteiger partial charge in [-0.3, -0.25) is 0 Å². The van der Waals surface area contributed by atoms with E-state index < -0.39 is 9.84 Å². The van der Waals surface area contributed by atoms with Crippen molar-refractivity contribution in [2.24, 2.45) is 0 Å². The van der Waals surface area contributed by atoms with Crippen LogP contribution in [0.1, 0.15) is 44.5 Å². The van der Waals surface area contributed by atoms with Crippen molar-refractivity contribution in [1.82, 2.24) is 0 Å². The zero-order valence-corrected chi connectivity index (χ0v) is 21.3. The Labute approximate surface area is 208 Å². The van der Waals surface area contributed by atoms with E-state index in [0.717, 1.165) is 44.5 Å². The molecule has 0 fully saturated rings. The minimum Gasteiger partial charge on any atom is -0.218 e. The summed E-state index contributed by atoms with van der Waals surface area (Å²) in [7, 11) is -3.82. The van der Waals surface area contributed by atoms with Gasteiger partial charge >= 0.3 is 0 Å². The molecule has 1 heterocycles. The van der Waals surface area contributed by atoms with Gasteiger partial charge in [-0.1, -0.05) is 119 Å². The lowest BCUT2D eigenvalue weighted by atomic mass is 9.88. The van der Waals surface area contributed by atoms with Crippen molar-refractivity contribution >= 4 is 30.8 Å². The van der Waals surface area contributed by atoms with E-state index >= 15 is 0 Å². The number of aryl methyl sites for hydroxylation is 4. The topological polar surface area (TPSA) is 34.1 Å². The fourth-order valence-electron chi connectivity index (χ4n) is 4.60. The second-order valence-corrected chi connectivity index (χ2v) is 11.2. The van der Waals surface area contributed by atoms with E-state index in [1.807, 2.05) is 125 Å². The van der Waals surface area contributed by atoms with Gasteiger partial charge < -0.3 is 0 Å². The van der Waals surface area contributed by atoms with Crippen molar-refractivity contribution in [3.8, 4) is 0 Å². The second-order valence-electron chi connectivity index (χ2n) is 9.38. The lowest BCUT2D eigenvalue weighted by molar-refractivity contribution is 0.615. The molecule has 0 aromatic heterocycles. The van der Waals surface area contributed by atoms with Gasteiger partial charge in [-0.05, 0) is 49.9 Å². The Kier molecular flexibility index (Phi) is 5.82. The predicted molar refractivity (Wildman–Crippen MR) is 147 cm³/mol. The van der Waals surface area contributed by atoms with Crippen LogP contribution in [0.15, 0.2) is 97.1 Å². The van der Waals surface area contributed by atoms with Crippen molar-refractivity contribution in [2.75, 3.05) is 0 Å². The average molecular weight is 477 g/mol. The smallest absolute Gasteiger partial charge is 0.209 e. The molecule has 0 saturated carbocycles. The third kappa shape index (κ3) is 4.17. The average Bonchev–Trinajstić information content (AvgIpc) is 3.08. The molecule has 2 nitrogen and oxygen atoms in total. The molecule has 5 rings (SSSR count). The van der Waals surface area contributed by atoms with Crippen LogP contribution in [0.4, 0.5) is 0 Å². The van der Waals surface area contributed by atoms with Crippen LogP contribution in [0.5, 0.6) is 0 Å². The maximum atomic E-state index is 14.4. The number of hydrogen-bond donors (Lipinski definition) is 0. The first kappa shape index (κ1) is 23.1. The Morgan fingerprint density at radius 2 is 0.600 bits per heavy atom. The van der Waals surface area contributed by atoms with E-state index in [9.17, 15) is 8.42 Å². The SMILES string of the molecule is Cc1ccc(C2=C(c3ccc(C)cc3)S(=O)(=O)C(c3ccc(C)cc3)=C2c2ccc(C)cc2)cc1. The minimum atomic E-state index is -3.82. The summed E-state index contributed by atoms with van der Waals surface area (Å²) >= 11 is 0. The molecule has 0 aliphatic carbocycles. The van der Waals surface area contributed by atoms with Crippen molar-refractivity contribution in [3.05, 3.63) is 142 Å². The number of hydrogen-bond acceptors (Lipinski definition) is 2. The molecule has 0 bridgehead atoms. The van der Waals surface area contributed by atoms with Crippen LogP contribution in [0.25, 0.3) is 21.0 Å². The lowest BCUT2D eigenvalue weighted by Crippen LogP contribution is -2.03. The van der Waals surface area contributed by atoms with Crippen LogP contribution in [0.2, 0.25) is 0 Å². The monoisotopic (exact) mass is 476 g/mol. The van der Waals surface area contributed by atoms with E-state index in [2.05, 4.69) is 0 Å². The first-order chi connectivity index (χ1) is 16.8. The molecule has 0 N–H and O–H groups in total. The van der Waals surface area contributed by atoms with E-state index in [1.54, 1.807) is 0 Å². The normalized spacial score (nSPS) is 15.1. The maximum Gasteiger partial charge on any atom is 0.209 e. The second kappa shape index (κ2) is 8.83. The highest BCUT2D eigenvalue weighted by atomic mass is 32.2. The molecular weight excluding hydrogens is 448 g/mol. The summed E-state index contributed by atoms with van der Waals surface area (Å²) in [5, 5.41) is 0. The van der Waals surface area contributed by atoms with Crippen molar-refractivity contribution in [2.45, 2.75) is 27.7 Å². The summed E-state index contributed by atoms with van der Waals surface area (Å²) < 4.78 is 28.9. The first-order valence-electron chi connectivity index (χ1n) is 11.8. The van der Waals surface area contributed by atoms with Crippen molar-refractivity contribution < 1.29 is 8.42 Å². The van der Waals surface area contributed by atoms with Gasteiger partial charge in [0, 0.05) is 11.1 Å². The van der Waals surface area contributed by atoms with Gasteiger partial charge in [0.2, 0.25) is 9.84 Å². The number of sulfone groups is 1. The molecule has 174 valence electrons. The van der Waals surface area contributed by atoms with Gasteiger partial charge in [0.1, 0.15) is 0 Å². The number of benzene rings is 4. The molecule has 0 unspecified atom stereocenters. The molecular formula is C32H28O2S. The highest BCUT2D eigenvalue weighted by Gasteiger charge is 2.40. The molecule has 4 aromatic rings. The molecule has 4 aromatic carbocycles. The minimum absolute atomic E-state index is 0.368. The van der Waals surface area contributed by atoms with E-state index in [-0.39, 0.29) is 0 Å². The molecule has 1 aliphatic rings. The summed E-state index contributed by atoms with van der Waals surface area (Å²) in [6.07, 6.45) is 0. The molecule has 0 amide bonds. The van der Waals surface area contributed by atoms with Gasteiger partial charge in [-0.25, -0.2) is 8.42 Å². The fraction of sp³-hybridized carbons (Fsp3) is 0.125. The molecule has 3 heteroatoms. The van der Waals surface area contributed by atoms with E-state index in [0.29, 0.717) is 20.9 Å². The number of allylic oxidation sites excluding steroid dienone is 2. The highest BCUT2D eigenvalue weighted by Crippen LogP contribution is 2.53. The van der Waals surface area contributed by atoms with Crippen molar-refractivity contribution in [1.29, 1.82) is 0 Å². The summed E-state index contributed by atoms with van der Waals surface area (Å²) in [6, 6.07) is 31.8. The molecule has 0 radical (unpaired) electrons. The molecule has 0 atom stereocenters. The van der Waals surface area contributed by atoms with Crippen LogP contribution in [0, 0.1) is 27.7 Å². The third-order valence-corrected chi connectivity index (χ3v) is 8.50. The summed E-state index contributed by atoms with van der Waals surface area (Å²) in [4.78, 5) is 0.736. The largest absolute Gasteiger partial charge is 0.218 e. The van der Waals surface area contributed by atoms with Crippen molar-refractivity contribution in [3.63, 3.8) is 0 Å².